The number of carbonyl (C=O) groups excluding carboxylic acids is 4. The number of carbonyl (C=O) groups is 4. The van der Waals surface area contributed by atoms with Crippen LogP contribution in [-0.4, -0.2) is 57.7 Å². The quantitative estimate of drug-likeness (QED) is 0.427. The van der Waals surface area contributed by atoms with E-state index in [0.29, 0.717) is 17.6 Å². The van der Waals surface area contributed by atoms with Crippen molar-refractivity contribution in [1.29, 1.82) is 0 Å². The van der Waals surface area contributed by atoms with Gasteiger partial charge in [0.2, 0.25) is 11.0 Å². The highest BCUT2D eigenvalue weighted by molar-refractivity contribution is 8.14. The molecule has 0 aromatic carbocycles. The number of β-lactam (4-membered cyclic amide) rings is 1. The molecule has 0 saturated carbocycles. The molecule has 1 fully saturated rings. The van der Waals surface area contributed by atoms with Crippen molar-refractivity contribution in [3.63, 3.8) is 0 Å². The summed E-state index contributed by atoms with van der Waals surface area (Å²) in [6.45, 7) is 1.85. The maximum absolute atomic E-state index is 12.3. The van der Waals surface area contributed by atoms with Crippen LogP contribution in [0.5, 0.6) is 0 Å². The molecule has 2 N–H and O–H groups in total. The number of furan rings is 1. The van der Waals surface area contributed by atoms with E-state index in [1.807, 2.05) is 0 Å². The first-order valence-electron chi connectivity index (χ1n) is 7.78. The Bertz CT molecular complexity index is 802. The number of hydrogen-bond donors (Lipinski definition) is 1. The van der Waals surface area contributed by atoms with Gasteiger partial charge in [0.15, 0.2) is 12.0 Å². The molecule has 1 unspecified atom stereocenters. The molecule has 0 radical (unpaired) electrons. The number of nitrogens with zero attached hydrogens (tertiary/aromatic N) is 1. The summed E-state index contributed by atoms with van der Waals surface area (Å²) in [5.41, 5.74) is 6.76. The smallest absolute Gasteiger partial charge is 0.355 e. The molecule has 2 aliphatic rings. The molecule has 0 spiro atoms. The van der Waals surface area contributed by atoms with Gasteiger partial charge in [0, 0.05) is 11.5 Å². The Balaban J connectivity index is 1.81. The zero-order valence-corrected chi connectivity index (χ0v) is 15.4. The van der Waals surface area contributed by atoms with Crippen molar-refractivity contribution in [2.75, 3.05) is 18.1 Å². The lowest BCUT2D eigenvalue weighted by molar-refractivity contribution is -0.150. The van der Waals surface area contributed by atoms with Crippen LogP contribution in [-0.2, 0) is 14.3 Å². The lowest BCUT2D eigenvalue weighted by atomic mass is 10.0. The van der Waals surface area contributed by atoms with Gasteiger partial charge in [-0.05, 0) is 18.6 Å². The standard InChI is InChI=1S/C16H16N2O6S2/c1-2-23-15(21)12-8(6-25-14-11(17)13(20)18(12)14)7-26-16(22)9-3-4-24-10(9)5-19/h3-5,11,14H,2,6-7,17H2,1H3/t11?,14-/m0/s1. The van der Waals surface area contributed by atoms with E-state index < -0.39 is 12.0 Å². The molecular weight excluding hydrogens is 380 g/mol. The van der Waals surface area contributed by atoms with Crippen molar-refractivity contribution in [2.24, 2.45) is 5.73 Å². The van der Waals surface area contributed by atoms with E-state index in [0.717, 1.165) is 11.8 Å². The third kappa shape index (κ3) is 3.19. The van der Waals surface area contributed by atoms with Crippen molar-refractivity contribution in [3.05, 3.63) is 34.9 Å². The summed E-state index contributed by atoms with van der Waals surface area (Å²) in [6, 6.07) is 0.782. The number of thioether (sulfide) groups is 2. The van der Waals surface area contributed by atoms with E-state index in [2.05, 4.69) is 0 Å². The molecule has 10 heteroatoms. The molecule has 1 aromatic rings. The van der Waals surface area contributed by atoms with Crippen LogP contribution >= 0.6 is 23.5 Å². The molecule has 3 heterocycles. The summed E-state index contributed by atoms with van der Waals surface area (Å²) in [6.07, 6.45) is 1.74. The van der Waals surface area contributed by atoms with Gasteiger partial charge in [0.1, 0.15) is 17.1 Å². The summed E-state index contributed by atoms with van der Waals surface area (Å²) < 4.78 is 9.99. The van der Waals surface area contributed by atoms with Crippen molar-refractivity contribution in [1.82, 2.24) is 4.90 Å². The highest BCUT2D eigenvalue weighted by Crippen LogP contribution is 2.40. The molecule has 8 nitrogen and oxygen atoms in total. The van der Waals surface area contributed by atoms with Gasteiger partial charge in [-0.2, -0.15) is 0 Å². The molecule has 3 rings (SSSR count). The highest BCUT2D eigenvalue weighted by atomic mass is 32.2. The van der Waals surface area contributed by atoms with Crippen molar-refractivity contribution in [2.45, 2.75) is 18.3 Å². The van der Waals surface area contributed by atoms with E-state index >= 15 is 0 Å². The zero-order chi connectivity index (χ0) is 18.8. The number of ether oxygens (including phenoxy) is 1. The fraction of sp³-hybridized carbons (Fsp3) is 0.375. The molecule has 2 aliphatic heterocycles. The normalized spacial score (nSPS) is 21.9. The summed E-state index contributed by atoms with van der Waals surface area (Å²) in [5, 5.41) is -0.641. The minimum Gasteiger partial charge on any atom is -0.461 e. The third-order valence-corrected chi connectivity index (χ3v) is 6.29. The maximum atomic E-state index is 12.3. The molecule has 1 aromatic heterocycles. The second-order valence-corrected chi connectivity index (χ2v) is 7.55. The predicted octanol–water partition coefficient (Wildman–Crippen LogP) is 1.03. The molecule has 0 aliphatic carbocycles. The van der Waals surface area contributed by atoms with Crippen LogP contribution < -0.4 is 5.73 Å². The van der Waals surface area contributed by atoms with Crippen molar-refractivity contribution < 1.29 is 28.3 Å². The summed E-state index contributed by atoms with van der Waals surface area (Å²) in [7, 11) is 0. The van der Waals surface area contributed by atoms with Gasteiger partial charge in [-0.3, -0.25) is 19.3 Å². The number of fused-ring (bicyclic) bond motifs is 1. The molecule has 26 heavy (non-hydrogen) atoms. The van der Waals surface area contributed by atoms with Crippen LogP contribution in [0, 0.1) is 0 Å². The van der Waals surface area contributed by atoms with Gasteiger partial charge in [-0.25, -0.2) is 4.79 Å². The largest absolute Gasteiger partial charge is 0.461 e. The Morgan fingerprint density at radius 1 is 1.54 bits per heavy atom. The SMILES string of the molecule is CCOC(=O)C1=C(CSC(=O)c2ccoc2C=O)CS[C@H]2C(N)C(=O)N12. The fourth-order valence-electron chi connectivity index (χ4n) is 2.69. The summed E-state index contributed by atoms with van der Waals surface area (Å²) in [5.74, 6) is -0.322. The van der Waals surface area contributed by atoms with Gasteiger partial charge in [0.05, 0.1) is 18.4 Å². The maximum Gasteiger partial charge on any atom is 0.355 e. The van der Waals surface area contributed by atoms with E-state index in [1.165, 1.54) is 29.0 Å². The minimum absolute atomic E-state index is 0.0379. The average Bonchev–Trinajstić information content (AvgIpc) is 3.13. The predicted molar refractivity (Wildman–Crippen MR) is 95.6 cm³/mol. The molecular formula is C16H16N2O6S2. The van der Waals surface area contributed by atoms with Gasteiger partial charge < -0.3 is 14.9 Å². The lowest BCUT2D eigenvalue weighted by Gasteiger charge is -2.48. The van der Waals surface area contributed by atoms with E-state index in [1.54, 1.807) is 6.92 Å². The van der Waals surface area contributed by atoms with Gasteiger partial charge in [-0.1, -0.05) is 11.8 Å². The number of amides is 1. The molecule has 0 bridgehead atoms. The minimum atomic E-state index is -0.638. The first-order chi connectivity index (χ1) is 12.5. The molecule has 1 saturated heterocycles. The van der Waals surface area contributed by atoms with Gasteiger partial charge >= 0.3 is 5.97 Å². The number of nitrogens with two attached hydrogens (primary N) is 1. The Morgan fingerprint density at radius 3 is 3.00 bits per heavy atom. The van der Waals surface area contributed by atoms with Crippen molar-refractivity contribution >= 4 is 46.8 Å². The van der Waals surface area contributed by atoms with Crippen LogP contribution in [0.2, 0.25) is 0 Å². The van der Waals surface area contributed by atoms with Crippen LogP contribution in [0.15, 0.2) is 28.0 Å². The highest BCUT2D eigenvalue weighted by Gasteiger charge is 2.52. The van der Waals surface area contributed by atoms with Crippen molar-refractivity contribution in [3.8, 4) is 0 Å². The molecule has 1 amide bonds. The average molecular weight is 396 g/mol. The van der Waals surface area contributed by atoms with Crippen LogP contribution in [0.3, 0.4) is 0 Å². The number of hydrogen-bond acceptors (Lipinski definition) is 9. The fourth-order valence-corrected chi connectivity index (χ4v) is 4.98. The zero-order valence-electron chi connectivity index (χ0n) is 13.8. The topological polar surface area (TPSA) is 120 Å². The summed E-state index contributed by atoms with van der Waals surface area (Å²) in [4.78, 5) is 49.0. The van der Waals surface area contributed by atoms with Gasteiger partial charge in [0.25, 0.3) is 0 Å². The number of aldehydes is 1. The Hall–Kier alpha value is -2.04. The van der Waals surface area contributed by atoms with E-state index in [4.69, 9.17) is 14.9 Å². The van der Waals surface area contributed by atoms with Gasteiger partial charge in [-0.15, -0.1) is 11.8 Å². The van der Waals surface area contributed by atoms with Crippen LogP contribution in [0.1, 0.15) is 27.8 Å². The molecule has 138 valence electrons. The second kappa shape index (κ2) is 7.68. The Morgan fingerprint density at radius 2 is 2.31 bits per heavy atom. The Labute approximate surface area is 157 Å². The first-order valence-corrected chi connectivity index (χ1v) is 9.82. The number of rotatable bonds is 6. The number of esters is 1. The van der Waals surface area contributed by atoms with E-state index in [9.17, 15) is 19.2 Å². The Kier molecular flexibility index (Phi) is 5.54. The second-order valence-electron chi connectivity index (χ2n) is 5.50. The van der Waals surface area contributed by atoms with Crippen LogP contribution in [0.25, 0.3) is 0 Å². The monoisotopic (exact) mass is 396 g/mol. The summed E-state index contributed by atoms with van der Waals surface area (Å²) >= 11 is 2.38. The lowest BCUT2D eigenvalue weighted by Crippen LogP contribution is -2.68. The van der Waals surface area contributed by atoms with Crippen LogP contribution in [0.4, 0.5) is 0 Å². The molecule has 2 atom stereocenters. The van der Waals surface area contributed by atoms with E-state index in [-0.39, 0.29) is 45.8 Å². The first kappa shape index (κ1) is 18.7. The third-order valence-electron chi connectivity index (χ3n) is 3.96.